The molecule has 6 heteroatoms. The van der Waals surface area contributed by atoms with E-state index in [0.29, 0.717) is 0 Å². The van der Waals surface area contributed by atoms with E-state index in [9.17, 15) is 9.59 Å². The zero-order valence-corrected chi connectivity index (χ0v) is 13.8. The van der Waals surface area contributed by atoms with Gasteiger partial charge in [-0.3, -0.25) is 0 Å². The maximum Gasteiger partial charge on any atom is 0.377 e. The molecule has 1 saturated heterocycles. The molecule has 108 valence electrons. The summed E-state index contributed by atoms with van der Waals surface area (Å²) >= 11 is 0. The molecule has 0 radical (unpaired) electrons. The normalized spacial score (nSPS) is 20.9. The van der Waals surface area contributed by atoms with E-state index in [-0.39, 0.29) is 11.3 Å². The standard InChI is InChI=1S/C13H22O5Si/c1-12(2,3)8(10(14)18-19(6)7)9-11(15)17-13(4,5)16-9/h19H,1-7H3/b9-8+. The van der Waals surface area contributed by atoms with Crippen molar-refractivity contribution in [1.29, 1.82) is 0 Å². The zero-order chi connectivity index (χ0) is 15.0. The lowest BCUT2D eigenvalue weighted by Crippen LogP contribution is -2.27. The van der Waals surface area contributed by atoms with Gasteiger partial charge in [0, 0.05) is 13.8 Å². The van der Waals surface area contributed by atoms with Gasteiger partial charge in [0.1, 0.15) is 0 Å². The second-order valence-corrected chi connectivity index (χ2v) is 8.63. The van der Waals surface area contributed by atoms with Gasteiger partial charge in [-0.25, -0.2) is 9.59 Å². The molecule has 0 unspecified atom stereocenters. The van der Waals surface area contributed by atoms with Crippen LogP contribution in [0.5, 0.6) is 0 Å². The molecule has 1 aliphatic rings. The average molecular weight is 286 g/mol. The second-order valence-electron chi connectivity index (χ2n) is 6.30. The third-order valence-corrected chi connectivity index (χ3v) is 3.08. The van der Waals surface area contributed by atoms with E-state index in [1.54, 1.807) is 13.8 Å². The zero-order valence-electron chi connectivity index (χ0n) is 12.6. The molecule has 0 bridgehead atoms. The van der Waals surface area contributed by atoms with Crippen molar-refractivity contribution in [1.82, 2.24) is 0 Å². The molecule has 1 rings (SSSR count). The van der Waals surface area contributed by atoms with Crippen molar-refractivity contribution in [3.63, 3.8) is 0 Å². The van der Waals surface area contributed by atoms with Crippen LogP contribution in [0, 0.1) is 5.41 Å². The fraction of sp³-hybridized carbons (Fsp3) is 0.692. The third-order valence-electron chi connectivity index (χ3n) is 2.40. The fourth-order valence-corrected chi connectivity index (χ4v) is 2.29. The van der Waals surface area contributed by atoms with Gasteiger partial charge in [-0.2, -0.15) is 0 Å². The highest BCUT2D eigenvalue weighted by Crippen LogP contribution is 2.36. The third kappa shape index (κ3) is 3.83. The predicted molar refractivity (Wildman–Crippen MR) is 72.7 cm³/mol. The van der Waals surface area contributed by atoms with Crippen molar-refractivity contribution < 1.29 is 23.5 Å². The van der Waals surface area contributed by atoms with Crippen LogP contribution in [0.15, 0.2) is 11.3 Å². The summed E-state index contributed by atoms with van der Waals surface area (Å²) in [6.07, 6.45) is 0. The number of rotatable bonds is 2. The summed E-state index contributed by atoms with van der Waals surface area (Å²) in [5.74, 6) is -2.17. The van der Waals surface area contributed by atoms with Crippen molar-refractivity contribution in [3.8, 4) is 0 Å². The number of ether oxygens (including phenoxy) is 2. The lowest BCUT2D eigenvalue weighted by atomic mass is 9.85. The Morgan fingerprint density at radius 2 is 1.74 bits per heavy atom. The van der Waals surface area contributed by atoms with Gasteiger partial charge >= 0.3 is 11.9 Å². The van der Waals surface area contributed by atoms with E-state index in [1.807, 2.05) is 33.9 Å². The Hall–Kier alpha value is -1.30. The average Bonchev–Trinajstić information content (AvgIpc) is 2.35. The fourth-order valence-electron chi connectivity index (χ4n) is 1.74. The molecule has 0 aromatic carbocycles. The van der Waals surface area contributed by atoms with Crippen molar-refractivity contribution in [2.24, 2.45) is 5.41 Å². The molecular weight excluding hydrogens is 264 g/mol. The number of carbonyl (C=O) groups is 2. The van der Waals surface area contributed by atoms with Gasteiger partial charge in [0.25, 0.3) is 0 Å². The van der Waals surface area contributed by atoms with Crippen LogP contribution in [-0.4, -0.2) is 26.8 Å². The number of carbonyl (C=O) groups excluding carboxylic acids is 2. The van der Waals surface area contributed by atoms with E-state index >= 15 is 0 Å². The number of cyclic esters (lactones) is 1. The van der Waals surface area contributed by atoms with Crippen molar-refractivity contribution in [3.05, 3.63) is 11.3 Å². The van der Waals surface area contributed by atoms with Crippen LogP contribution in [0.3, 0.4) is 0 Å². The molecule has 19 heavy (non-hydrogen) atoms. The second kappa shape index (κ2) is 5.00. The Balaban J connectivity index is 3.26. The monoisotopic (exact) mass is 286 g/mol. The lowest BCUT2D eigenvalue weighted by molar-refractivity contribution is -0.159. The molecule has 0 spiro atoms. The molecule has 5 nitrogen and oxygen atoms in total. The Morgan fingerprint density at radius 3 is 2.05 bits per heavy atom. The molecule has 0 aromatic rings. The first-order chi connectivity index (χ1) is 8.44. The highest BCUT2D eigenvalue weighted by atomic mass is 28.3. The molecule has 0 N–H and O–H groups in total. The SMILES string of the molecule is C[SiH](C)OC(=O)/C(=C1\OC(C)(C)OC1=O)C(C)(C)C. The summed E-state index contributed by atoms with van der Waals surface area (Å²) in [4.78, 5) is 24.1. The first kappa shape index (κ1) is 15.8. The molecule has 1 aliphatic heterocycles. The minimum absolute atomic E-state index is 0.0304. The van der Waals surface area contributed by atoms with Gasteiger partial charge in [-0.15, -0.1) is 0 Å². The summed E-state index contributed by atoms with van der Waals surface area (Å²) in [5, 5.41) is 0. The van der Waals surface area contributed by atoms with Crippen LogP contribution < -0.4 is 0 Å². The number of hydrogen-bond acceptors (Lipinski definition) is 5. The highest BCUT2D eigenvalue weighted by Gasteiger charge is 2.44. The van der Waals surface area contributed by atoms with Crippen molar-refractivity contribution >= 4 is 21.0 Å². The van der Waals surface area contributed by atoms with E-state index in [1.165, 1.54) is 0 Å². The molecule has 0 atom stereocenters. The van der Waals surface area contributed by atoms with Crippen LogP contribution >= 0.6 is 0 Å². The number of hydrogen-bond donors (Lipinski definition) is 0. The van der Waals surface area contributed by atoms with Gasteiger partial charge in [0.2, 0.25) is 20.6 Å². The molecule has 1 fully saturated rings. The largest absolute Gasteiger partial charge is 0.519 e. The molecule has 0 aliphatic carbocycles. The van der Waals surface area contributed by atoms with E-state index in [0.717, 1.165) is 0 Å². The van der Waals surface area contributed by atoms with Crippen LogP contribution in [0.4, 0.5) is 0 Å². The van der Waals surface area contributed by atoms with E-state index < -0.39 is 32.2 Å². The smallest absolute Gasteiger partial charge is 0.377 e. The van der Waals surface area contributed by atoms with Gasteiger partial charge < -0.3 is 13.9 Å². The van der Waals surface area contributed by atoms with Gasteiger partial charge in [0.05, 0.1) is 5.57 Å². The minimum Gasteiger partial charge on any atom is -0.519 e. The Bertz CT molecular complexity index is 429. The maximum atomic E-state index is 12.2. The minimum atomic E-state index is -1.54. The van der Waals surface area contributed by atoms with Gasteiger partial charge in [-0.1, -0.05) is 20.8 Å². The summed E-state index contributed by atoms with van der Waals surface area (Å²) in [6.45, 7) is 12.5. The lowest BCUT2D eigenvalue weighted by Gasteiger charge is -2.23. The van der Waals surface area contributed by atoms with Crippen LogP contribution in [0.25, 0.3) is 0 Å². The summed E-state index contributed by atoms with van der Waals surface area (Å²) in [6, 6.07) is 0. The molecular formula is C13H22O5Si. The van der Waals surface area contributed by atoms with Crippen molar-refractivity contribution in [2.75, 3.05) is 0 Å². The summed E-state index contributed by atoms with van der Waals surface area (Å²) in [7, 11) is -1.54. The molecule has 0 aromatic heterocycles. The van der Waals surface area contributed by atoms with E-state index in [2.05, 4.69) is 0 Å². The Morgan fingerprint density at radius 1 is 1.21 bits per heavy atom. The van der Waals surface area contributed by atoms with E-state index in [4.69, 9.17) is 13.9 Å². The van der Waals surface area contributed by atoms with Crippen molar-refractivity contribution in [2.45, 2.75) is 53.5 Å². The van der Waals surface area contributed by atoms with Gasteiger partial charge in [-0.05, 0) is 18.5 Å². The first-order valence-electron chi connectivity index (χ1n) is 6.32. The summed E-state index contributed by atoms with van der Waals surface area (Å²) < 4.78 is 15.9. The first-order valence-corrected chi connectivity index (χ1v) is 9.10. The molecule has 0 amide bonds. The quantitative estimate of drug-likeness (QED) is 0.442. The Labute approximate surface area is 115 Å². The van der Waals surface area contributed by atoms with Crippen LogP contribution in [0.1, 0.15) is 34.6 Å². The number of esters is 1. The Kier molecular flexibility index (Phi) is 4.14. The topological polar surface area (TPSA) is 61.8 Å². The summed E-state index contributed by atoms with van der Waals surface area (Å²) in [5.41, 5.74) is -0.320. The van der Waals surface area contributed by atoms with Gasteiger partial charge in [0.15, 0.2) is 0 Å². The maximum absolute atomic E-state index is 12.2. The van der Waals surface area contributed by atoms with Crippen LogP contribution in [-0.2, 0) is 23.5 Å². The predicted octanol–water partition coefficient (Wildman–Crippen LogP) is 2.12. The molecule has 1 heterocycles. The molecule has 0 saturated carbocycles. The highest BCUT2D eigenvalue weighted by molar-refractivity contribution is 6.51. The van der Waals surface area contributed by atoms with Crippen LogP contribution in [0.2, 0.25) is 13.1 Å².